The quantitative estimate of drug-likeness (QED) is 0.440. The van der Waals surface area contributed by atoms with Gasteiger partial charge >= 0.3 is 0 Å². The lowest BCUT2D eigenvalue weighted by atomic mass is 9.91. The van der Waals surface area contributed by atoms with Gasteiger partial charge in [-0.1, -0.05) is 27.7 Å². The second kappa shape index (κ2) is 6.27. The molecule has 2 N–H and O–H groups in total. The normalized spacial score (nSPS) is 24.6. The van der Waals surface area contributed by atoms with E-state index in [2.05, 4.69) is 50.2 Å². The SMILES string of the molecule is CCNC(=NCCCC(C)(C)C)NC1CC1C. The number of rotatable bonds is 5. The van der Waals surface area contributed by atoms with Crippen molar-refractivity contribution in [1.29, 1.82) is 0 Å². The Labute approximate surface area is 106 Å². The van der Waals surface area contributed by atoms with Gasteiger partial charge in [0.15, 0.2) is 5.96 Å². The average molecular weight is 239 g/mol. The highest BCUT2D eigenvalue weighted by molar-refractivity contribution is 5.80. The molecule has 1 aliphatic rings. The lowest BCUT2D eigenvalue weighted by Crippen LogP contribution is -2.39. The van der Waals surface area contributed by atoms with Crippen LogP contribution in [0.1, 0.15) is 53.9 Å². The summed E-state index contributed by atoms with van der Waals surface area (Å²) in [5.41, 5.74) is 0.423. The highest BCUT2D eigenvalue weighted by atomic mass is 15.2. The molecule has 0 amide bonds. The molecule has 0 bridgehead atoms. The molecule has 2 atom stereocenters. The molecule has 0 aromatic rings. The summed E-state index contributed by atoms with van der Waals surface area (Å²) in [6.07, 6.45) is 3.68. The van der Waals surface area contributed by atoms with Gasteiger partial charge in [0.25, 0.3) is 0 Å². The summed E-state index contributed by atoms with van der Waals surface area (Å²) in [4.78, 5) is 4.63. The zero-order valence-electron chi connectivity index (χ0n) is 12.1. The van der Waals surface area contributed by atoms with E-state index in [1.54, 1.807) is 0 Å². The molecule has 100 valence electrons. The molecule has 1 aliphatic carbocycles. The summed E-state index contributed by atoms with van der Waals surface area (Å²) in [5, 5.41) is 6.79. The third kappa shape index (κ3) is 6.54. The number of guanidine groups is 1. The molecule has 17 heavy (non-hydrogen) atoms. The van der Waals surface area contributed by atoms with Crippen LogP contribution in [0.3, 0.4) is 0 Å². The van der Waals surface area contributed by atoms with Crippen LogP contribution in [-0.4, -0.2) is 25.1 Å². The van der Waals surface area contributed by atoms with Gasteiger partial charge in [-0.15, -0.1) is 0 Å². The van der Waals surface area contributed by atoms with Crippen molar-refractivity contribution in [3.8, 4) is 0 Å². The zero-order chi connectivity index (χ0) is 12.9. The average Bonchev–Trinajstić information content (AvgIpc) is 2.88. The molecule has 0 radical (unpaired) electrons. The molecule has 0 heterocycles. The van der Waals surface area contributed by atoms with Crippen LogP contribution >= 0.6 is 0 Å². The fraction of sp³-hybridized carbons (Fsp3) is 0.929. The summed E-state index contributed by atoms with van der Waals surface area (Å²) in [7, 11) is 0. The van der Waals surface area contributed by atoms with Gasteiger partial charge in [0, 0.05) is 19.1 Å². The molecule has 0 aromatic carbocycles. The molecule has 0 spiro atoms. The molecule has 0 aromatic heterocycles. The fourth-order valence-corrected chi connectivity index (χ4v) is 1.82. The van der Waals surface area contributed by atoms with E-state index in [4.69, 9.17) is 0 Å². The van der Waals surface area contributed by atoms with Crippen molar-refractivity contribution in [2.75, 3.05) is 13.1 Å². The minimum atomic E-state index is 0.423. The molecule has 1 saturated carbocycles. The molecular weight excluding hydrogens is 210 g/mol. The molecule has 3 nitrogen and oxygen atoms in total. The molecular formula is C14H29N3. The van der Waals surface area contributed by atoms with Crippen LogP contribution in [-0.2, 0) is 0 Å². The Morgan fingerprint density at radius 1 is 1.35 bits per heavy atom. The zero-order valence-corrected chi connectivity index (χ0v) is 12.1. The predicted molar refractivity (Wildman–Crippen MR) is 75.4 cm³/mol. The Morgan fingerprint density at radius 2 is 2.00 bits per heavy atom. The number of hydrogen-bond donors (Lipinski definition) is 2. The van der Waals surface area contributed by atoms with Crippen molar-refractivity contribution >= 4 is 5.96 Å². The second-order valence-corrected chi connectivity index (χ2v) is 6.39. The Bertz CT molecular complexity index is 253. The van der Waals surface area contributed by atoms with Crippen LogP contribution in [0.5, 0.6) is 0 Å². The number of nitrogens with one attached hydrogen (secondary N) is 2. The lowest BCUT2D eigenvalue weighted by Gasteiger charge is -2.17. The van der Waals surface area contributed by atoms with E-state index in [0.29, 0.717) is 11.5 Å². The first-order chi connectivity index (χ1) is 7.92. The first-order valence-corrected chi connectivity index (χ1v) is 6.97. The molecule has 0 saturated heterocycles. The van der Waals surface area contributed by atoms with Gasteiger partial charge in [0.2, 0.25) is 0 Å². The number of nitrogens with zero attached hydrogens (tertiary/aromatic N) is 1. The summed E-state index contributed by atoms with van der Waals surface area (Å²) >= 11 is 0. The van der Waals surface area contributed by atoms with E-state index >= 15 is 0 Å². The second-order valence-electron chi connectivity index (χ2n) is 6.39. The van der Waals surface area contributed by atoms with Gasteiger partial charge < -0.3 is 10.6 Å². The third-order valence-corrected chi connectivity index (χ3v) is 3.13. The molecule has 0 aliphatic heterocycles. The van der Waals surface area contributed by atoms with Crippen molar-refractivity contribution in [1.82, 2.24) is 10.6 Å². The minimum absolute atomic E-state index is 0.423. The first-order valence-electron chi connectivity index (χ1n) is 6.97. The van der Waals surface area contributed by atoms with Crippen LogP contribution in [0.4, 0.5) is 0 Å². The first kappa shape index (κ1) is 14.3. The van der Waals surface area contributed by atoms with Crippen molar-refractivity contribution in [3.63, 3.8) is 0 Å². The third-order valence-electron chi connectivity index (χ3n) is 3.13. The van der Waals surface area contributed by atoms with Crippen LogP contribution in [0.15, 0.2) is 4.99 Å². The topological polar surface area (TPSA) is 36.4 Å². The van der Waals surface area contributed by atoms with Crippen LogP contribution in [0.2, 0.25) is 0 Å². The lowest BCUT2D eigenvalue weighted by molar-refractivity contribution is 0.368. The van der Waals surface area contributed by atoms with Gasteiger partial charge in [-0.05, 0) is 37.5 Å². The van der Waals surface area contributed by atoms with Crippen molar-refractivity contribution in [3.05, 3.63) is 0 Å². The standard InChI is InChI=1S/C14H29N3/c1-6-15-13(17-12-10-11(12)2)16-9-7-8-14(3,4)5/h11-12H,6-10H2,1-5H3,(H2,15,16,17). The molecule has 2 unspecified atom stereocenters. The maximum Gasteiger partial charge on any atom is 0.191 e. The maximum absolute atomic E-state index is 4.63. The summed E-state index contributed by atoms with van der Waals surface area (Å²) in [6.45, 7) is 13.1. The van der Waals surface area contributed by atoms with E-state index in [1.165, 1.54) is 19.3 Å². The maximum atomic E-state index is 4.63. The highest BCUT2D eigenvalue weighted by Gasteiger charge is 2.33. The van der Waals surface area contributed by atoms with Crippen LogP contribution in [0, 0.1) is 11.3 Å². The monoisotopic (exact) mass is 239 g/mol. The van der Waals surface area contributed by atoms with E-state index in [0.717, 1.165) is 25.0 Å². The Balaban J connectivity index is 2.25. The molecule has 3 heteroatoms. The van der Waals surface area contributed by atoms with Crippen LogP contribution < -0.4 is 10.6 Å². The summed E-state index contributed by atoms with van der Waals surface area (Å²) in [5.74, 6) is 1.81. The van der Waals surface area contributed by atoms with E-state index < -0.39 is 0 Å². The van der Waals surface area contributed by atoms with Crippen molar-refractivity contribution in [2.45, 2.75) is 59.9 Å². The largest absolute Gasteiger partial charge is 0.357 e. The van der Waals surface area contributed by atoms with Gasteiger partial charge in [0.05, 0.1) is 0 Å². The Kier molecular flexibility index (Phi) is 5.29. The van der Waals surface area contributed by atoms with Crippen molar-refractivity contribution < 1.29 is 0 Å². The molecule has 1 fully saturated rings. The number of hydrogen-bond acceptors (Lipinski definition) is 1. The summed E-state index contributed by atoms with van der Waals surface area (Å²) in [6, 6.07) is 0.649. The highest BCUT2D eigenvalue weighted by Crippen LogP contribution is 2.28. The summed E-state index contributed by atoms with van der Waals surface area (Å²) < 4.78 is 0. The van der Waals surface area contributed by atoms with Gasteiger partial charge in [-0.3, -0.25) is 4.99 Å². The van der Waals surface area contributed by atoms with Crippen LogP contribution in [0.25, 0.3) is 0 Å². The van der Waals surface area contributed by atoms with E-state index in [-0.39, 0.29) is 0 Å². The Morgan fingerprint density at radius 3 is 2.47 bits per heavy atom. The number of aliphatic imine (C=N–C) groups is 1. The van der Waals surface area contributed by atoms with E-state index in [1.807, 2.05) is 0 Å². The predicted octanol–water partition coefficient (Wildman–Crippen LogP) is 2.78. The fourth-order valence-electron chi connectivity index (χ4n) is 1.82. The van der Waals surface area contributed by atoms with Gasteiger partial charge in [0.1, 0.15) is 0 Å². The van der Waals surface area contributed by atoms with Gasteiger partial charge in [-0.25, -0.2) is 0 Å². The van der Waals surface area contributed by atoms with Crippen molar-refractivity contribution in [2.24, 2.45) is 16.3 Å². The minimum Gasteiger partial charge on any atom is -0.357 e. The van der Waals surface area contributed by atoms with Gasteiger partial charge in [-0.2, -0.15) is 0 Å². The Hall–Kier alpha value is -0.730. The smallest absolute Gasteiger partial charge is 0.191 e. The molecule has 1 rings (SSSR count). The van der Waals surface area contributed by atoms with E-state index in [9.17, 15) is 0 Å².